The van der Waals surface area contributed by atoms with Crippen molar-refractivity contribution in [1.82, 2.24) is 4.90 Å². The summed E-state index contributed by atoms with van der Waals surface area (Å²) in [6, 6.07) is 5.36. The molecule has 0 aliphatic heterocycles. The van der Waals surface area contributed by atoms with Gasteiger partial charge < -0.3 is 10.6 Å². The SMILES string of the molecule is CCN(CC(=O)Nc1sc(C)c(C)c1C#N)CC(=O)Nc1c(F)cccc1F. The van der Waals surface area contributed by atoms with E-state index >= 15 is 0 Å². The molecule has 2 N–H and O–H groups in total. The zero-order valence-electron chi connectivity index (χ0n) is 15.7. The molecule has 2 rings (SSSR count). The zero-order chi connectivity index (χ0) is 20.8. The van der Waals surface area contributed by atoms with Gasteiger partial charge in [0.1, 0.15) is 28.4 Å². The summed E-state index contributed by atoms with van der Waals surface area (Å²) in [5.41, 5.74) is 0.726. The van der Waals surface area contributed by atoms with Crippen LogP contribution in [0, 0.1) is 36.8 Å². The summed E-state index contributed by atoms with van der Waals surface area (Å²) in [5.74, 6) is -2.77. The first-order chi connectivity index (χ1) is 13.3. The molecule has 0 saturated heterocycles. The van der Waals surface area contributed by atoms with Crippen LogP contribution in [-0.4, -0.2) is 36.3 Å². The zero-order valence-corrected chi connectivity index (χ0v) is 16.5. The molecule has 0 unspecified atom stereocenters. The highest BCUT2D eigenvalue weighted by Gasteiger charge is 2.19. The Morgan fingerprint density at radius 3 is 2.25 bits per heavy atom. The maximum atomic E-state index is 13.6. The first-order valence-corrected chi connectivity index (χ1v) is 9.34. The van der Waals surface area contributed by atoms with Gasteiger partial charge in [-0.15, -0.1) is 11.3 Å². The average molecular weight is 406 g/mol. The van der Waals surface area contributed by atoms with E-state index < -0.39 is 23.2 Å². The normalized spacial score (nSPS) is 10.6. The van der Waals surface area contributed by atoms with Crippen molar-refractivity contribution in [3.05, 3.63) is 45.8 Å². The topological polar surface area (TPSA) is 85.2 Å². The lowest BCUT2D eigenvalue weighted by molar-refractivity contribution is -0.119. The maximum absolute atomic E-state index is 13.6. The van der Waals surface area contributed by atoms with Gasteiger partial charge in [-0.1, -0.05) is 13.0 Å². The number of nitriles is 1. The molecule has 148 valence electrons. The fraction of sp³-hybridized carbons (Fsp3) is 0.316. The van der Waals surface area contributed by atoms with Gasteiger partial charge in [-0.05, 0) is 38.1 Å². The number of thiophene rings is 1. The highest BCUT2D eigenvalue weighted by Crippen LogP contribution is 2.31. The minimum Gasteiger partial charge on any atom is -0.320 e. The molecule has 0 aliphatic carbocycles. The van der Waals surface area contributed by atoms with E-state index in [2.05, 4.69) is 16.7 Å². The van der Waals surface area contributed by atoms with Gasteiger partial charge in [0.15, 0.2) is 0 Å². The van der Waals surface area contributed by atoms with Gasteiger partial charge in [-0.25, -0.2) is 8.78 Å². The van der Waals surface area contributed by atoms with E-state index in [1.165, 1.54) is 22.3 Å². The maximum Gasteiger partial charge on any atom is 0.239 e. The van der Waals surface area contributed by atoms with Gasteiger partial charge in [0.05, 0.1) is 18.7 Å². The predicted octanol–water partition coefficient (Wildman–Crippen LogP) is 3.41. The number of nitrogens with one attached hydrogen (secondary N) is 2. The number of aryl methyl sites for hydroxylation is 1. The fourth-order valence-corrected chi connectivity index (χ4v) is 3.52. The molecular formula is C19H20F2N4O2S. The molecule has 1 aromatic carbocycles. The van der Waals surface area contributed by atoms with E-state index in [1.54, 1.807) is 6.92 Å². The molecule has 9 heteroatoms. The predicted molar refractivity (Wildman–Crippen MR) is 104 cm³/mol. The van der Waals surface area contributed by atoms with Crippen LogP contribution in [-0.2, 0) is 9.59 Å². The monoisotopic (exact) mass is 406 g/mol. The third-order valence-electron chi connectivity index (χ3n) is 4.16. The summed E-state index contributed by atoms with van der Waals surface area (Å²) < 4.78 is 27.3. The van der Waals surface area contributed by atoms with Crippen LogP contribution in [0.15, 0.2) is 18.2 Å². The summed E-state index contributed by atoms with van der Waals surface area (Å²) in [6.45, 7) is 5.47. The smallest absolute Gasteiger partial charge is 0.239 e. The van der Waals surface area contributed by atoms with Crippen LogP contribution < -0.4 is 10.6 Å². The van der Waals surface area contributed by atoms with Crippen molar-refractivity contribution < 1.29 is 18.4 Å². The van der Waals surface area contributed by atoms with E-state index in [9.17, 15) is 23.6 Å². The first kappa shape index (κ1) is 21.5. The number of carbonyl (C=O) groups excluding carboxylic acids is 2. The third-order valence-corrected chi connectivity index (χ3v) is 5.28. The van der Waals surface area contributed by atoms with Crippen molar-refractivity contribution >= 4 is 33.8 Å². The van der Waals surface area contributed by atoms with Gasteiger partial charge in [0, 0.05) is 4.88 Å². The van der Waals surface area contributed by atoms with Gasteiger partial charge in [-0.2, -0.15) is 5.26 Å². The minimum absolute atomic E-state index is 0.107. The van der Waals surface area contributed by atoms with Crippen molar-refractivity contribution in [1.29, 1.82) is 5.26 Å². The molecule has 0 radical (unpaired) electrons. The van der Waals surface area contributed by atoms with Gasteiger partial charge in [0.25, 0.3) is 0 Å². The Labute approximate surface area is 165 Å². The van der Waals surface area contributed by atoms with Gasteiger partial charge in [0.2, 0.25) is 11.8 Å². The number of halogens is 2. The number of likely N-dealkylation sites (N-methyl/N-ethyl adjacent to an activating group) is 1. The third kappa shape index (κ3) is 5.12. The van der Waals surface area contributed by atoms with Gasteiger partial charge in [-0.3, -0.25) is 14.5 Å². The fourth-order valence-electron chi connectivity index (χ4n) is 2.50. The highest BCUT2D eigenvalue weighted by molar-refractivity contribution is 7.16. The second-order valence-corrected chi connectivity index (χ2v) is 7.32. The first-order valence-electron chi connectivity index (χ1n) is 8.52. The summed E-state index contributed by atoms with van der Waals surface area (Å²) in [7, 11) is 0. The summed E-state index contributed by atoms with van der Waals surface area (Å²) in [4.78, 5) is 26.9. The number of amides is 2. The second-order valence-electron chi connectivity index (χ2n) is 6.10. The standard InChI is InChI=1S/C19H20F2N4O2S/c1-4-25(9-16(26)23-18-14(20)6-5-7-15(18)21)10-17(27)24-19-13(8-22)11(2)12(3)28-19/h5-7H,4,9-10H2,1-3H3,(H,23,26)(H,24,27). The Hall–Kier alpha value is -2.83. The Kier molecular flexibility index (Phi) is 7.20. The number of anilines is 2. The largest absolute Gasteiger partial charge is 0.320 e. The molecule has 0 aliphatic rings. The Balaban J connectivity index is 1.98. The van der Waals surface area contributed by atoms with Crippen molar-refractivity contribution in [2.45, 2.75) is 20.8 Å². The van der Waals surface area contributed by atoms with Crippen LogP contribution in [0.5, 0.6) is 0 Å². The number of benzene rings is 1. The van der Waals surface area contributed by atoms with E-state index in [1.807, 2.05) is 13.8 Å². The van der Waals surface area contributed by atoms with E-state index in [0.29, 0.717) is 17.1 Å². The summed E-state index contributed by atoms with van der Waals surface area (Å²) in [5, 5.41) is 14.6. The van der Waals surface area contributed by atoms with Gasteiger partial charge >= 0.3 is 0 Å². The van der Waals surface area contributed by atoms with E-state index in [-0.39, 0.29) is 19.0 Å². The second kappa shape index (κ2) is 9.39. The Morgan fingerprint density at radius 2 is 1.71 bits per heavy atom. The molecule has 2 amide bonds. The highest BCUT2D eigenvalue weighted by atomic mass is 32.1. The minimum atomic E-state index is -0.874. The lowest BCUT2D eigenvalue weighted by Gasteiger charge is -2.19. The number of nitrogens with zero attached hydrogens (tertiary/aromatic N) is 2. The quantitative estimate of drug-likeness (QED) is 0.738. The molecule has 0 atom stereocenters. The van der Waals surface area contributed by atoms with Crippen molar-refractivity contribution in [3.63, 3.8) is 0 Å². The van der Waals surface area contributed by atoms with Crippen LogP contribution in [0.2, 0.25) is 0 Å². The molecule has 0 saturated carbocycles. The average Bonchev–Trinajstić information content (AvgIpc) is 2.90. The number of hydrogen-bond acceptors (Lipinski definition) is 5. The Bertz CT molecular complexity index is 916. The summed E-state index contributed by atoms with van der Waals surface area (Å²) in [6.07, 6.45) is 0. The van der Waals surface area contributed by atoms with Crippen LogP contribution >= 0.6 is 11.3 Å². The molecule has 2 aromatic rings. The molecular weight excluding hydrogens is 386 g/mol. The lowest BCUT2D eigenvalue weighted by Crippen LogP contribution is -2.38. The van der Waals surface area contributed by atoms with Crippen molar-refractivity contribution in [2.24, 2.45) is 0 Å². The van der Waals surface area contributed by atoms with Crippen LogP contribution in [0.3, 0.4) is 0 Å². The number of rotatable bonds is 7. The lowest BCUT2D eigenvalue weighted by atomic mass is 10.2. The van der Waals surface area contributed by atoms with Crippen LogP contribution in [0.25, 0.3) is 0 Å². The van der Waals surface area contributed by atoms with Crippen LogP contribution in [0.4, 0.5) is 19.5 Å². The molecule has 0 bridgehead atoms. The van der Waals surface area contributed by atoms with Crippen molar-refractivity contribution in [2.75, 3.05) is 30.3 Å². The molecule has 1 heterocycles. The number of para-hydroxylation sites is 1. The number of hydrogen-bond donors (Lipinski definition) is 2. The van der Waals surface area contributed by atoms with Crippen molar-refractivity contribution in [3.8, 4) is 6.07 Å². The molecule has 0 fully saturated rings. The van der Waals surface area contributed by atoms with E-state index in [4.69, 9.17) is 0 Å². The Morgan fingerprint density at radius 1 is 1.14 bits per heavy atom. The summed E-state index contributed by atoms with van der Waals surface area (Å²) >= 11 is 1.31. The molecule has 1 aromatic heterocycles. The molecule has 28 heavy (non-hydrogen) atoms. The molecule has 0 spiro atoms. The van der Waals surface area contributed by atoms with E-state index in [0.717, 1.165) is 22.6 Å². The number of carbonyl (C=O) groups is 2. The molecule has 6 nitrogen and oxygen atoms in total. The van der Waals surface area contributed by atoms with Crippen LogP contribution in [0.1, 0.15) is 22.9 Å².